The molecule has 5 nitrogen and oxygen atoms in total. The zero-order chi connectivity index (χ0) is 21.5. The topological polar surface area (TPSA) is 61.8 Å². The van der Waals surface area contributed by atoms with Crippen LogP contribution < -0.4 is 14.2 Å². The average Bonchev–Trinajstić information content (AvgIpc) is 2.78. The molecule has 0 fully saturated rings. The maximum absolute atomic E-state index is 12.5. The molecule has 0 saturated carbocycles. The van der Waals surface area contributed by atoms with E-state index in [9.17, 15) is 9.59 Å². The van der Waals surface area contributed by atoms with Crippen LogP contribution in [0.4, 0.5) is 0 Å². The van der Waals surface area contributed by atoms with Gasteiger partial charge in [0, 0.05) is 17.2 Å². The maximum Gasteiger partial charge on any atom is 0.343 e. The molecule has 0 heterocycles. The highest BCUT2D eigenvalue weighted by Crippen LogP contribution is 2.26. The molecule has 5 heteroatoms. The molecule has 0 radical (unpaired) electrons. The molecule has 152 valence electrons. The van der Waals surface area contributed by atoms with E-state index in [4.69, 9.17) is 14.2 Å². The minimum Gasteiger partial charge on any atom is -0.497 e. The van der Waals surface area contributed by atoms with Crippen molar-refractivity contribution in [2.45, 2.75) is 6.92 Å². The van der Waals surface area contributed by atoms with Gasteiger partial charge >= 0.3 is 5.97 Å². The van der Waals surface area contributed by atoms with Gasteiger partial charge in [0.1, 0.15) is 17.2 Å². The van der Waals surface area contributed by atoms with Gasteiger partial charge in [-0.1, -0.05) is 17.7 Å². The first kappa shape index (κ1) is 20.9. The molecule has 0 aliphatic rings. The number of methoxy groups -OCH3 is 2. The standard InChI is InChI=1S/C25H22O5/c1-17-4-6-20(7-5-17)25(27)30-21-12-8-18(9-13-21)23(26)15-11-19-10-14-22(28-2)16-24(19)29-3/h4-16H,1-3H3. The Morgan fingerprint density at radius 1 is 0.767 bits per heavy atom. The van der Waals surface area contributed by atoms with E-state index < -0.39 is 5.97 Å². The summed E-state index contributed by atoms with van der Waals surface area (Å²) in [6.07, 6.45) is 3.16. The SMILES string of the molecule is COc1ccc(C=CC(=O)c2ccc(OC(=O)c3ccc(C)cc3)cc2)c(OC)c1. The van der Waals surface area contributed by atoms with Crippen LogP contribution in [0.3, 0.4) is 0 Å². The van der Waals surface area contributed by atoms with Crippen molar-refractivity contribution in [2.75, 3.05) is 14.2 Å². The summed E-state index contributed by atoms with van der Waals surface area (Å²) in [7, 11) is 3.14. The van der Waals surface area contributed by atoms with Gasteiger partial charge in [0.2, 0.25) is 0 Å². The molecule has 0 atom stereocenters. The van der Waals surface area contributed by atoms with Crippen LogP contribution in [-0.4, -0.2) is 26.0 Å². The largest absolute Gasteiger partial charge is 0.497 e. The van der Waals surface area contributed by atoms with Gasteiger partial charge in [-0.25, -0.2) is 4.79 Å². The summed E-state index contributed by atoms with van der Waals surface area (Å²) in [5.74, 6) is 1.03. The number of ketones is 1. The number of esters is 1. The van der Waals surface area contributed by atoms with Gasteiger partial charge in [0.25, 0.3) is 0 Å². The summed E-state index contributed by atoms with van der Waals surface area (Å²) in [5, 5.41) is 0. The number of hydrogen-bond donors (Lipinski definition) is 0. The Morgan fingerprint density at radius 3 is 2.03 bits per heavy atom. The highest BCUT2D eigenvalue weighted by atomic mass is 16.5. The minimum atomic E-state index is -0.444. The molecule has 0 amide bonds. The van der Waals surface area contributed by atoms with Crippen LogP contribution in [0.2, 0.25) is 0 Å². The Morgan fingerprint density at radius 2 is 1.40 bits per heavy atom. The molecule has 3 rings (SSSR count). The second-order valence-electron chi connectivity index (χ2n) is 6.59. The van der Waals surface area contributed by atoms with Crippen LogP contribution >= 0.6 is 0 Å². The molecule has 0 aliphatic carbocycles. The molecule has 0 bridgehead atoms. The number of carbonyl (C=O) groups is 2. The first-order valence-corrected chi connectivity index (χ1v) is 9.33. The molecular formula is C25H22O5. The normalized spacial score (nSPS) is 10.6. The second kappa shape index (κ2) is 9.56. The highest BCUT2D eigenvalue weighted by molar-refractivity contribution is 6.07. The van der Waals surface area contributed by atoms with Crippen LogP contribution in [0.5, 0.6) is 17.2 Å². The fourth-order valence-electron chi connectivity index (χ4n) is 2.76. The minimum absolute atomic E-state index is 0.177. The molecular weight excluding hydrogens is 380 g/mol. The predicted molar refractivity (Wildman–Crippen MR) is 115 cm³/mol. The molecule has 0 spiro atoms. The molecule has 3 aromatic rings. The fraction of sp³-hybridized carbons (Fsp3) is 0.120. The van der Waals surface area contributed by atoms with E-state index in [0.29, 0.717) is 28.4 Å². The third-order valence-electron chi connectivity index (χ3n) is 4.49. The van der Waals surface area contributed by atoms with E-state index in [0.717, 1.165) is 11.1 Å². The third-order valence-corrected chi connectivity index (χ3v) is 4.49. The smallest absolute Gasteiger partial charge is 0.343 e. The number of allylic oxidation sites excluding steroid dienone is 1. The number of benzene rings is 3. The fourth-order valence-corrected chi connectivity index (χ4v) is 2.76. The first-order valence-electron chi connectivity index (χ1n) is 9.33. The number of hydrogen-bond acceptors (Lipinski definition) is 5. The van der Waals surface area contributed by atoms with Gasteiger partial charge in [-0.15, -0.1) is 0 Å². The summed E-state index contributed by atoms with van der Waals surface area (Å²) >= 11 is 0. The van der Waals surface area contributed by atoms with Crippen molar-refractivity contribution in [3.63, 3.8) is 0 Å². The lowest BCUT2D eigenvalue weighted by Gasteiger charge is -2.07. The Hall–Kier alpha value is -3.86. The third kappa shape index (κ3) is 5.14. The molecule has 30 heavy (non-hydrogen) atoms. The zero-order valence-electron chi connectivity index (χ0n) is 17.0. The van der Waals surface area contributed by atoms with E-state index in [1.165, 1.54) is 6.08 Å². The van der Waals surface area contributed by atoms with E-state index in [2.05, 4.69) is 0 Å². The summed E-state index contributed by atoms with van der Waals surface area (Å²) in [5.41, 5.74) is 2.77. The van der Waals surface area contributed by atoms with Crippen molar-refractivity contribution < 1.29 is 23.8 Å². The lowest BCUT2D eigenvalue weighted by atomic mass is 10.1. The lowest BCUT2D eigenvalue weighted by molar-refractivity contribution is 0.0734. The Labute approximate surface area is 175 Å². The number of carbonyl (C=O) groups excluding carboxylic acids is 2. The molecule has 3 aromatic carbocycles. The van der Waals surface area contributed by atoms with Gasteiger partial charge in [0.15, 0.2) is 5.78 Å². The van der Waals surface area contributed by atoms with Crippen molar-refractivity contribution in [3.05, 3.63) is 95.1 Å². The quantitative estimate of drug-likeness (QED) is 0.237. The zero-order valence-corrected chi connectivity index (χ0v) is 17.0. The molecule has 0 saturated heterocycles. The molecule has 0 aromatic heterocycles. The lowest BCUT2D eigenvalue weighted by Crippen LogP contribution is -2.08. The van der Waals surface area contributed by atoms with Crippen molar-refractivity contribution in [1.82, 2.24) is 0 Å². The van der Waals surface area contributed by atoms with E-state index in [1.807, 2.05) is 25.1 Å². The molecule has 0 unspecified atom stereocenters. The van der Waals surface area contributed by atoms with Gasteiger partial charge in [-0.2, -0.15) is 0 Å². The van der Waals surface area contributed by atoms with Crippen molar-refractivity contribution in [2.24, 2.45) is 0 Å². The predicted octanol–water partition coefficient (Wildman–Crippen LogP) is 5.13. The van der Waals surface area contributed by atoms with Crippen LogP contribution in [0.15, 0.2) is 72.8 Å². The van der Waals surface area contributed by atoms with Crippen LogP contribution in [0.1, 0.15) is 31.8 Å². The summed E-state index contributed by atoms with van der Waals surface area (Å²) in [6, 6.07) is 18.9. The van der Waals surface area contributed by atoms with Crippen molar-refractivity contribution >= 4 is 17.8 Å². The Bertz CT molecular complexity index is 1060. The van der Waals surface area contributed by atoms with E-state index in [1.54, 1.807) is 68.8 Å². The van der Waals surface area contributed by atoms with Crippen molar-refractivity contribution in [1.29, 1.82) is 0 Å². The highest BCUT2D eigenvalue weighted by Gasteiger charge is 2.09. The van der Waals surface area contributed by atoms with Crippen LogP contribution in [0.25, 0.3) is 6.08 Å². The van der Waals surface area contributed by atoms with Gasteiger partial charge in [-0.3, -0.25) is 4.79 Å². The van der Waals surface area contributed by atoms with Gasteiger partial charge < -0.3 is 14.2 Å². The number of ether oxygens (including phenoxy) is 3. The summed E-state index contributed by atoms with van der Waals surface area (Å²) in [6.45, 7) is 1.95. The second-order valence-corrected chi connectivity index (χ2v) is 6.59. The first-order chi connectivity index (χ1) is 14.5. The Kier molecular flexibility index (Phi) is 6.65. The van der Waals surface area contributed by atoms with Crippen molar-refractivity contribution in [3.8, 4) is 17.2 Å². The summed E-state index contributed by atoms with van der Waals surface area (Å²) < 4.78 is 15.9. The Balaban J connectivity index is 1.67. The van der Waals surface area contributed by atoms with Crippen LogP contribution in [-0.2, 0) is 0 Å². The van der Waals surface area contributed by atoms with Crippen LogP contribution in [0, 0.1) is 6.92 Å². The summed E-state index contributed by atoms with van der Waals surface area (Å²) in [4.78, 5) is 24.7. The monoisotopic (exact) mass is 402 g/mol. The maximum atomic E-state index is 12.5. The number of rotatable bonds is 7. The van der Waals surface area contributed by atoms with E-state index >= 15 is 0 Å². The molecule has 0 aliphatic heterocycles. The van der Waals surface area contributed by atoms with Gasteiger partial charge in [0.05, 0.1) is 19.8 Å². The molecule has 0 N–H and O–H groups in total. The number of aryl methyl sites for hydroxylation is 1. The van der Waals surface area contributed by atoms with Gasteiger partial charge in [-0.05, 0) is 67.6 Å². The average molecular weight is 402 g/mol. The van der Waals surface area contributed by atoms with E-state index in [-0.39, 0.29) is 5.78 Å².